The molecule has 0 heterocycles. The van der Waals surface area contributed by atoms with Gasteiger partial charge in [-0.05, 0) is 6.07 Å². The Balaban J connectivity index is 2.26. The molecule has 2 rings (SSSR count). The van der Waals surface area contributed by atoms with Crippen LogP contribution in [0.5, 0.6) is 17.2 Å². The maximum atomic E-state index is 13.6. The summed E-state index contributed by atoms with van der Waals surface area (Å²) in [5, 5.41) is 2.66. The van der Waals surface area contributed by atoms with Crippen LogP contribution in [0.15, 0.2) is 36.4 Å². The van der Waals surface area contributed by atoms with Crippen LogP contribution in [0.3, 0.4) is 0 Å². The molecule has 2 aromatic carbocycles. The fourth-order valence-corrected chi connectivity index (χ4v) is 2.14. The van der Waals surface area contributed by atoms with Crippen LogP contribution < -0.4 is 19.5 Å². The van der Waals surface area contributed by atoms with E-state index in [1.807, 2.05) is 0 Å². The fourth-order valence-electron chi connectivity index (χ4n) is 2.14. The van der Waals surface area contributed by atoms with Gasteiger partial charge in [-0.2, -0.15) is 0 Å². The first-order valence-corrected chi connectivity index (χ1v) is 6.92. The summed E-state index contributed by atoms with van der Waals surface area (Å²) in [6.45, 7) is 0.0594. The first-order valence-electron chi connectivity index (χ1n) is 6.92. The lowest BCUT2D eigenvalue weighted by Crippen LogP contribution is -2.24. The van der Waals surface area contributed by atoms with E-state index in [4.69, 9.17) is 14.2 Å². The molecule has 1 amide bonds. The Bertz CT molecular complexity index is 678. The highest BCUT2D eigenvalue weighted by Crippen LogP contribution is 2.33. The molecule has 0 fully saturated rings. The molecule has 6 heteroatoms. The normalized spacial score (nSPS) is 10.1. The molecule has 0 saturated heterocycles. The number of ether oxygens (including phenoxy) is 3. The zero-order valence-corrected chi connectivity index (χ0v) is 13.2. The van der Waals surface area contributed by atoms with Gasteiger partial charge in [0, 0.05) is 24.2 Å². The van der Waals surface area contributed by atoms with Crippen molar-refractivity contribution in [1.29, 1.82) is 0 Å². The van der Waals surface area contributed by atoms with E-state index in [0.29, 0.717) is 22.8 Å². The zero-order chi connectivity index (χ0) is 16.8. The number of nitrogens with one attached hydrogen (secondary N) is 1. The molecule has 0 aliphatic rings. The summed E-state index contributed by atoms with van der Waals surface area (Å²) < 4.78 is 29.2. The molecule has 0 aromatic heterocycles. The van der Waals surface area contributed by atoms with Gasteiger partial charge < -0.3 is 19.5 Å². The van der Waals surface area contributed by atoms with Crippen molar-refractivity contribution in [2.45, 2.75) is 6.54 Å². The Kier molecular flexibility index (Phi) is 5.41. The van der Waals surface area contributed by atoms with Crippen LogP contribution in [0.2, 0.25) is 0 Å². The van der Waals surface area contributed by atoms with Crippen LogP contribution in [0.1, 0.15) is 15.9 Å². The molecule has 122 valence electrons. The van der Waals surface area contributed by atoms with Gasteiger partial charge in [-0.3, -0.25) is 4.79 Å². The maximum absolute atomic E-state index is 13.6. The monoisotopic (exact) mass is 319 g/mol. The summed E-state index contributed by atoms with van der Waals surface area (Å²) in [5.74, 6) is 0.329. The molecule has 0 aliphatic carbocycles. The Hall–Kier alpha value is -2.76. The number of halogens is 1. The van der Waals surface area contributed by atoms with Gasteiger partial charge in [0.25, 0.3) is 5.91 Å². The standard InChI is InChI=1S/C17H18FNO4/c1-21-12-8-14(22-2)16(15(9-12)23-3)17(20)19-10-11-6-4-5-7-13(11)18/h4-9H,10H2,1-3H3,(H,19,20). The van der Waals surface area contributed by atoms with E-state index in [1.54, 1.807) is 30.3 Å². The molecule has 1 N–H and O–H groups in total. The first kappa shape index (κ1) is 16.6. The summed E-state index contributed by atoms with van der Waals surface area (Å²) in [6.07, 6.45) is 0. The SMILES string of the molecule is COc1cc(OC)c(C(=O)NCc2ccccc2F)c(OC)c1. The Morgan fingerprint density at radius 2 is 1.65 bits per heavy atom. The highest BCUT2D eigenvalue weighted by molar-refractivity contribution is 6.00. The molecule has 0 saturated carbocycles. The lowest BCUT2D eigenvalue weighted by molar-refractivity contribution is 0.0944. The molecule has 2 aromatic rings. The second kappa shape index (κ2) is 7.49. The lowest BCUT2D eigenvalue weighted by atomic mass is 10.1. The van der Waals surface area contributed by atoms with Crippen LogP contribution in [0, 0.1) is 5.82 Å². The predicted molar refractivity (Wildman–Crippen MR) is 83.7 cm³/mol. The van der Waals surface area contributed by atoms with Crippen LogP contribution in [-0.4, -0.2) is 27.2 Å². The number of carbonyl (C=O) groups excluding carboxylic acids is 1. The second-order valence-electron chi connectivity index (χ2n) is 4.68. The van der Waals surface area contributed by atoms with Gasteiger partial charge in [-0.25, -0.2) is 4.39 Å². The average molecular weight is 319 g/mol. The van der Waals surface area contributed by atoms with Crippen molar-refractivity contribution in [2.75, 3.05) is 21.3 Å². The molecule has 23 heavy (non-hydrogen) atoms. The van der Waals surface area contributed by atoms with Gasteiger partial charge >= 0.3 is 0 Å². The minimum Gasteiger partial charge on any atom is -0.496 e. The number of carbonyl (C=O) groups is 1. The van der Waals surface area contributed by atoms with Crippen molar-refractivity contribution in [3.8, 4) is 17.2 Å². The maximum Gasteiger partial charge on any atom is 0.259 e. The smallest absolute Gasteiger partial charge is 0.259 e. The van der Waals surface area contributed by atoms with Gasteiger partial charge in [-0.1, -0.05) is 18.2 Å². The molecule has 0 unspecified atom stereocenters. The van der Waals surface area contributed by atoms with Gasteiger partial charge in [0.05, 0.1) is 21.3 Å². The predicted octanol–water partition coefficient (Wildman–Crippen LogP) is 2.78. The number of hydrogen-bond donors (Lipinski definition) is 1. The molecule has 0 spiro atoms. The van der Waals surface area contributed by atoms with Gasteiger partial charge in [-0.15, -0.1) is 0 Å². The van der Waals surface area contributed by atoms with E-state index in [1.165, 1.54) is 27.4 Å². The number of amides is 1. The Morgan fingerprint density at radius 3 is 2.17 bits per heavy atom. The van der Waals surface area contributed by atoms with Crippen molar-refractivity contribution in [2.24, 2.45) is 0 Å². The van der Waals surface area contributed by atoms with Crippen LogP contribution in [0.4, 0.5) is 4.39 Å². The van der Waals surface area contributed by atoms with E-state index in [2.05, 4.69) is 5.32 Å². The van der Waals surface area contributed by atoms with E-state index < -0.39 is 5.91 Å². The Morgan fingerprint density at radius 1 is 1.04 bits per heavy atom. The number of hydrogen-bond acceptors (Lipinski definition) is 4. The summed E-state index contributed by atoms with van der Waals surface area (Å²) >= 11 is 0. The minimum absolute atomic E-state index is 0.0594. The number of methoxy groups -OCH3 is 3. The van der Waals surface area contributed by atoms with Gasteiger partial charge in [0.15, 0.2) is 0 Å². The highest BCUT2D eigenvalue weighted by atomic mass is 19.1. The summed E-state index contributed by atoms with van der Waals surface area (Å²) in [4.78, 5) is 12.5. The molecular formula is C17H18FNO4. The molecule has 5 nitrogen and oxygen atoms in total. The van der Waals surface area contributed by atoms with Crippen molar-refractivity contribution < 1.29 is 23.4 Å². The molecule has 0 bridgehead atoms. The van der Waals surface area contributed by atoms with Crippen molar-refractivity contribution in [3.63, 3.8) is 0 Å². The van der Waals surface area contributed by atoms with Crippen LogP contribution >= 0.6 is 0 Å². The fraction of sp³-hybridized carbons (Fsp3) is 0.235. The van der Waals surface area contributed by atoms with E-state index in [9.17, 15) is 9.18 Å². The third-order valence-electron chi connectivity index (χ3n) is 3.34. The topological polar surface area (TPSA) is 56.8 Å². The number of benzene rings is 2. The van der Waals surface area contributed by atoms with Crippen LogP contribution in [-0.2, 0) is 6.54 Å². The average Bonchev–Trinajstić information content (AvgIpc) is 2.59. The molecular weight excluding hydrogens is 301 g/mol. The third kappa shape index (κ3) is 3.71. The zero-order valence-electron chi connectivity index (χ0n) is 13.2. The van der Waals surface area contributed by atoms with E-state index >= 15 is 0 Å². The van der Waals surface area contributed by atoms with E-state index in [-0.39, 0.29) is 17.9 Å². The van der Waals surface area contributed by atoms with Crippen molar-refractivity contribution in [3.05, 3.63) is 53.3 Å². The summed E-state index contributed by atoms with van der Waals surface area (Å²) in [5.41, 5.74) is 0.624. The quantitative estimate of drug-likeness (QED) is 0.889. The lowest BCUT2D eigenvalue weighted by Gasteiger charge is -2.15. The summed E-state index contributed by atoms with van der Waals surface area (Å²) in [6, 6.07) is 9.42. The second-order valence-corrected chi connectivity index (χ2v) is 4.68. The van der Waals surface area contributed by atoms with E-state index in [0.717, 1.165) is 0 Å². The van der Waals surface area contributed by atoms with Crippen molar-refractivity contribution in [1.82, 2.24) is 5.32 Å². The number of rotatable bonds is 6. The highest BCUT2D eigenvalue weighted by Gasteiger charge is 2.20. The van der Waals surface area contributed by atoms with Gasteiger partial charge in [0.1, 0.15) is 28.6 Å². The Labute approximate surface area is 134 Å². The first-order chi connectivity index (χ1) is 11.1. The largest absolute Gasteiger partial charge is 0.496 e. The molecule has 0 aliphatic heterocycles. The van der Waals surface area contributed by atoms with Crippen LogP contribution in [0.25, 0.3) is 0 Å². The van der Waals surface area contributed by atoms with Gasteiger partial charge in [0.2, 0.25) is 0 Å². The summed E-state index contributed by atoms with van der Waals surface area (Å²) in [7, 11) is 4.40. The minimum atomic E-state index is -0.426. The molecule has 0 radical (unpaired) electrons. The molecule has 0 atom stereocenters. The third-order valence-corrected chi connectivity index (χ3v) is 3.34. The van der Waals surface area contributed by atoms with Crippen molar-refractivity contribution >= 4 is 5.91 Å².